The second kappa shape index (κ2) is 7.39. The third kappa shape index (κ3) is 3.64. The largest absolute Gasteiger partial charge is 0.368 e. The van der Waals surface area contributed by atoms with E-state index in [1.165, 1.54) is 11.3 Å². The Hall–Kier alpha value is -1.81. The monoisotopic (exact) mass is 386 g/mol. The molecule has 2 aromatic rings. The first-order valence-electron chi connectivity index (χ1n) is 8.45. The number of piperazine rings is 1. The fourth-order valence-electron chi connectivity index (χ4n) is 3.22. The average Bonchev–Trinajstić information content (AvgIpc) is 2.61. The molecule has 0 unspecified atom stereocenters. The summed E-state index contributed by atoms with van der Waals surface area (Å²) in [7, 11) is 0. The zero-order valence-electron chi connectivity index (χ0n) is 14.2. The van der Waals surface area contributed by atoms with Crippen LogP contribution in [0.15, 0.2) is 53.0 Å². The lowest BCUT2D eigenvalue weighted by molar-refractivity contribution is 0.0746. The normalized spacial score (nSPS) is 15.0. The minimum Gasteiger partial charge on any atom is -0.368 e. The number of amides is 1. The molecule has 1 saturated heterocycles. The molecule has 4 heteroatoms. The third-order valence-corrected chi connectivity index (χ3v) is 5.03. The van der Waals surface area contributed by atoms with Crippen molar-refractivity contribution in [2.75, 3.05) is 31.1 Å². The zero-order valence-corrected chi connectivity index (χ0v) is 15.8. The number of hydrogen-bond acceptors (Lipinski definition) is 2. The van der Waals surface area contributed by atoms with Gasteiger partial charge in [-0.25, -0.2) is 0 Å². The van der Waals surface area contributed by atoms with Crippen LogP contribution in [0.5, 0.6) is 0 Å². The van der Waals surface area contributed by atoms with E-state index in [2.05, 4.69) is 58.9 Å². The van der Waals surface area contributed by atoms with Crippen molar-refractivity contribution in [2.24, 2.45) is 0 Å². The number of para-hydroxylation sites is 1. The van der Waals surface area contributed by atoms with Crippen molar-refractivity contribution >= 4 is 27.5 Å². The summed E-state index contributed by atoms with van der Waals surface area (Å²) < 4.78 is 0.942. The number of rotatable bonds is 3. The third-order valence-electron chi connectivity index (χ3n) is 4.54. The highest BCUT2D eigenvalue weighted by Gasteiger charge is 2.23. The van der Waals surface area contributed by atoms with Crippen LogP contribution < -0.4 is 4.90 Å². The fraction of sp³-hybridized carbons (Fsp3) is 0.350. The minimum atomic E-state index is 0.119. The number of carbonyl (C=O) groups is 1. The highest BCUT2D eigenvalue weighted by atomic mass is 79.9. The Morgan fingerprint density at radius 1 is 1.00 bits per heavy atom. The first-order chi connectivity index (χ1) is 11.6. The number of hydrogen-bond donors (Lipinski definition) is 0. The predicted octanol–water partition coefficient (Wildman–Crippen LogP) is 4.53. The van der Waals surface area contributed by atoms with Crippen molar-refractivity contribution in [2.45, 2.75) is 19.8 Å². The smallest absolute Gasteiger partial charge is 0.254 e. The molecule has 1 aliphatic heterocycles. The zero-order chi connectivity index (χ0) is 17.1. The summed E-state index contributed by atoms with van der Waals surface area (Å²) in [6.07, 6.45) is 0. The molecule has 0 radical (unpaired) electrons. The van der Waals surface area contributed by atoms with E-state index in [-0.39, 0.29) is 5.91 Å². The second-order valence-electron chi connectivity index (χ2n) is 6.50. The lowest BCUT2D eigenvalue weighted by Gasteiger charge is -2.37. The second-order valence-corrected chi connectivity index (χ2v) is 7.42. The van der Waals surface area contributed by atoms with Gasteiger partial charge in [-0.05, 0) is 35.7 Å². The molecule has 1 heterocycles. The topological polar surface area (TPSA) is 23.6 Å². The van der Waals surface area contributed by atoms with Gasteiger partial charge in [0, 0.05) is 41.9 Å². The van der Waals surface area contributed by atoms with Crippen molar-refractivity contribution in [3.63, 3.8) is 0 Å². The van der Waals surface area contributed by atoms with Crippen molar-refractivity contribution < 1.29 is 4.79 Å². The summed E-state index contributed by atoms with van der Waals surface area (Å²) in [5, 5.41) is 0. The Balaban J connectivity index is 1.69. The van der Waals surface area contributed by atoms with Gasteiger partial charge in [-0.3, -0.25) is 4.79 Å². The van der Waals surface area contributed by atoms with Gasteiger partial charge < -0.3 is 9.80 Å². The van der Waals surface area contributed by atoms with Crippen LogP contribution in [0.3, 0.4) is 0 Å². The number of halogens is 1. The van der Waals surface area contributed by atoms with Crippen LogP contribution in [0.1, 0.15) is 35.7 Å². The van der Waals surface area contributed by atoms with Gasteiger partial charge in [-0.15, -0.1) is 0 Å². The molecule has 3 nitrogen and oxygen atoms in total. The lowest BCUT2D eigenvalue weighted by atomic mass is 10.00. The summed E-state index contributed by atoms with van der Waals surface area (Å²) in [4.78, 5) is 17.0. The Morgan fingerprint density at radius 2 is 1.71 bits per heavy atom. The number of anilines is 1. The molecular weight excluding hydrogens is 364 g/mol. The van der Waals surface area contributed by atoms with E-state index in [0.717, 1.165) is 36.2 Å². The maximum atomic E-state index is 12.7. The Morgan fingerprint density at radius 3 is 2.38 bits per heavy atom. The molecule has 1 fully saturated rings. The van der Waals surface area contributed by atoms with Gasteiger partial charge >= 0.3 is 0 Å². The van der Waals surface area contributed by atoms with Crippen LogP contribution in [-0.2, 0) is 0 Å². The molecular formula is C20H23BrN2O. The van der Waals surface area contributed by atoms with Gasteiger partial charge in [0.05, 0.1) is 0 Å². The van der Waals surface area contributed by atoms with Crippen LogP contribution in [0, 0.1) is 0 Å². The molecule has 0 aromatic heterocycles. The maximum absolute atomic E-state index is 12.7. The summed E-state index contributed by atoms with van der Waals surface area (Å²) in [6, 6.07) is 16.2. The molecule has 0 N–H and O–H groups in total. The molecule has 0 saturated carbocycles. The van der Waals surface area contributed by atoms with E-state index in [1.54, 1.807) is 0 Å². The molecule has 3 rings (SSSR count). The van der Waals surface area contributed by atoms with Gasteiger partial charge in [0.25, 0.3) is 5.91 Å². The summed E-state index contributed by atoms with van der Waals surface area (Å²) >= 11 is 3.44. The van der Waals surface area contributed by atoms with Crippen LogP contribution in [0.2, 0.25) is 0 Å². The van der Waals surface area contributed by atoms with Crippen molar-refractivity contribution in [3.8, 4) is 0 Å². The van der Waals surface area contributed by atoms with Gasteiger partial charge in [0.15, 0.2) is 0 Å². The van der Waals surface area contributed by atoms with Gasteiger partial charge in [0.1, 0.15) is 0 Å². The lowest BCUT2D eigenvalue weighted by Crippen LogP contribution is -2.49. The van der Waals surface area contributed by atoms with Crippen LogP contribution >= 0.6 is 15.9 Å². The van der Waals surface area contributed by atoms with E-state index in [0.29, 0.717) is 5.92 Å². The summed E-state index contributed by atoms with van der Waals surface area (Å²) in [6.45, 7) is 7.74. The van der Waals surface area contributed by atoms with E-state index >= 15 is 0 Å². The van der Waals surface area contributed by atoms with Crippen molar-refractivity contribution in [1.82, 2.24) is 4.90 Å². The molecule has 0 bridgehead atoms. The maximum Gasteiger partial charge on any atom is 0.254 e. The number of benzene rings is 2. The summed E-state index contributed by atoms with van der Waals surface area (Å²) in [5.74, 6) is 0.621. The van der Waals surface area contributed by atoms with E-state index < -0.39 is 0 Å². The molecule has 126 valence electrons. The molecule has 0 spiro atoms. The Labute approximate surface area is 152 Å². The summed E-state index contributed by atoms with van der Waals surface area (Å²) in [5.41, 5.74) is 3.44. The van der Waals surface area contributed by atoms with Gasteiger partial charge in [-0.1, -0.05) is 54.0 Å². The number of nitrogens with zero attached hydrogens (tertiary/aromatic N) is 2. The molecule has 0 atom stereocenters. The van der Waals surface area contributed by atoms with E-state index in [9.17, 15) is 4.79 Å². The molecule has 1 amide bonds. The first-order valence-corrected chi connectivity index (χ1v) is 9.24. The fourth-order valence-corrected chi connectivity index (χ4v) is 3.62. The van der Waals surface area contributed by atoms with Gasteiger partial charge in [0.2, 0.25) is 0 Å². The molecule has 2 aromatic carbocycles. The van der Waals surface area contributed by atoms with Crippen LogP contribution in [0.25, 0.3) is 0 Å². The average molecular weight is 387 g/mol. The minimum absolute atomic E-state index is 0.119. The Kier molecular flexibility index (Phi) is 5.24. The van der Waals surface area contributed by atoms with Crippen molar-refractivity contribution in [3.05, 3.63) is 64.1 Å². The quantitative estimate of drug-likeness (QED) is 0.772. The molecule has 24 heavy (non-hydrogen) atoms. The SMILES string of the molecule is CC(C)c1ccccc1N1CCN(C(=O)c2cccc(Br)c2)CC1. The van der Waals surface area contributed by atoms with E-state index in [4.69, 9.17) is 0 Å². The highest BCUT2D eigenvalue weighted by Crippen LogP contribution is 2.28. The Bertz CT molecular complexity index is 721. The van der Waals surface area contributed by atoms with Crippen molar-refractivity contribution in [1.29, 1.82) is 0 Å². The van der Waals surface area contributed by atoms with Crippen LogP contribution in [0.4, 0.5) is 5.69 Å². The predicted molar refractivity (Wildman–Crippen MR) is 103 cm³/mol. The molecule has 1 aliphatic rings. The van der Waals surface area contributed by atoms with Gasteiger partial charge in [-0.2, -0.15) is 0 Å². The number of carbonyl (C=O) groups excluding carboxylic acids is 1. The van der Waals surface area contributed by atoms with Crippen LogP contribution in [-0.4, -0.2) is 37.0 Å². The molecule has 0 aliphatic carbocycles. The standard InChI is InChI=1S/C20H23BrN2O/c1-15(2)18-8-3-4-9-19(18)22-10-12-23(13-11-22)20(24)16-6-5-7-17(21)14-16/h3-9,14-15H,10-13H2,1-2H3. The highest BCUT2D eigenvalue weighted by molar-refractivity contribution is 9.10. The first kappa shape index (κ1) is 17.0. The van der Waals surface area contributed by atoms with E-state index in [1.807, 2.05) is 29.2 Å².